The Morgan fingerprint density at radius 3 is 2.80 bits per heavy atom. The summed E-state index contributed by atoms with van der Waals surface area (Å²) in [4.78, 5) is 15.1. The van der Waals surface area contributed by atoms with Gasteiger partial charge in [0.2, 0.25) is 0 Å². The molecule has 0 spiro atoms. The molecule has 5 nitrogen and oxygen atoms in total. The lowest BCUT2D eigenvalue weighted by atomic mass is 10.1. The number of nitro groups is 1. The van der Waals surface area contributed by atoms with Gasteiger partial charge < -0.3 is 5.73 Å². The molecule has 6 heteroatoms. The van der Waals surface area contributed by atoms with Crippen LogP contribution in [0.1, 0.15) is 11.3 Å². The van der Waals surface area contributed by atoms with Crippen LogP contribution < -0.4 is 5.73 Å². The topological polar surface area (TPSA) is 82.0 Å². The van der Waals surface area contributed by atoms with E-state index in [9.17, 15) is 10.1 Å². The Morgan fingerprint density at radius 1 is 1.53 bits per heavy atom. The van der Waals surface area contributed by atoms with Crippen LogP contribution in [0.15, 0.2) is 6.07 Å². The minimum atomic E-state index is -0.462. The maximum absolute atomic E-state index is 10.7. The summed E-state index contributed by atoms with van der Waals surface area (Å²) in [7, 11) is 0. The average molecular weight is 223 g/mol. The Bertz CT molecular complexity index is 562. The van der Waals surface area contributed by atoms with Gasteiger partial charge in [-0.3, -0.25) is 10.1 Å². The molecule has 2 aromatic heterocycles. The maximum Gasteiger partial charge on any atom is 0.349 e. The van der Waals surface area contributed by atoms with E-state index in [2.05, 4.69) is 4.98 Å². The molecule has 2 heterocycles. The van der Waals surface area contributed by atoms with E-state index >= 15 is 0 Å². The van der Waals surface area contributed by atoms with Crippen molar-refractivity contribution in [2.45, 2.75) is 13.8 Å². The zero-order chi connectivity index (χ0) is 11.2. The molecule has 0 radical (unpaired) electrons. The molecule has 2 aromatic rings. The molecule has 0 aliphatic heterocycles. The van der Waals surface area contributed by atoms with E-state index in [1.54, 1.807) is 0 Å². The number of aryl methyl sites for hydroxylation is 2. The van der Waals surface area contributed by atoms with Crippen molar-refractivity contribution >= 4 is 32.2 Å². The molecule has 2 rings (SSSR count). The van der Waals surface area contributed by atoms with Crippen LogP contribution in [0, 0.1) is 24.0 Å². The predicted molar refractivity (Wildman–Crippen MR) is 60.2 cm³/mol. The second-order valence-electron chi connectivity index (χ2n) is 3.34. The highest BCUT2D eigenvalue weighted by Crippen LogP contribution is 2.40. The van der Waals surface area contributed by atoms with Gasteiger partial charge in [-0.2, -0.15) is 0 Å². The fourth-order valence-corrected chi connectivity index (χ4v) is 2.63. The number of nitrogens with two attached hydrogens (primary N) is 1. The largest absolute Gasteiger partial charge is 0.392 e. The lowest BCUT2D eigenvalue weighted by molar-refractivity contribution is -0.379. The van der Waals surface area contributed by atoms with E-state index in [4.69, 9.17) is 5.73 Å². The van der Waals surface area contributed by atoms with Crippen molar-refractivity contribution in [3.63, 3.8) is 0 Å². The van der Waals surface area contributed by atoms with E-state index in [0.717, 1.165) is 22.6 Å². The van der Waals surface area contributed by atoms with Gasteiger partial charge in [-0.15, -0.1) is 0 Å². The maximum atomic E-state index is 10.7. The van der Waals surface area contributed by atoms with Crippen LogP contribution in [0.25, 0.3) is 10.2 Å². The zero-order valence-corrected chi connectivity index (χ0v) is 9.09. The molecule has 0 saturated heterocycles. The Morgan fingerprint density at radius 2 is 2.20 bits per heavy atom. The van der Waals surface area contributed by atoms with Gasteiger partial charge in [0, 0.05) is 11.1 Å². The van der Waals surface area contributed by atoms with Gasteiger partial charge in [-0.05, 0) is 36.8 Å². The summed E-state index contributed by atoms with van der Waals surface area (Å²) in [5.41, 5.74) is 7.72. The molecule has 0 aromatic carbocycles. The van der Waals surface area contributed by atoms with Gasteiger partial charge in [0.05, 0.1) is 4.92 Å². The number of fused-ring (bicyclic) bond motifs is 1. The van der Waals surface area contributed by atoms with Crippen LogP contribution in [-0.2, 0) is 0 Å². The van der Waals surface area contributed by atoms with Crippen molar-refractivity contribution in [3.8, 4) is 0 Å². The SMILES string of the molecule is Cc1cc(C)c2c(N)c([N+](=O)[O-])sc2n1. The fraction of sp³-hybridized carbons (Fsp3) is 0.222. The third-order valence-corrected chi connectivity index (χ3v) is 3.22. The molecular weight excluding hydrogens is 214 g/mol. The van der Waals surface area contributed by atoms with Crippen LogP contribution in [0.4, 0.5) is 10.7 Å². The van der Waals surface area contributed by atoms with Crippen LogP contribution in [0.5, 0.6) is 0 Å². The summed E-state index contributed by atoms with van der Waals surface area (Å²) in [5.74, 6) is 0. The van der Waals surface area contributed by atoms with Gasteiger partial charge in [0.25, 0.3) is 0 Å². The summed E-state index contributed by atoms with van der Waals surface area (Å²) < 4.78 is 0. The van der Waals surface area contributed by atoms with E-state index in [1.165, 1.54) is 0 Å². The molecule has 0 aliphatic rings. The third kappa shape index (κ3) is 1.42. The first-order valence-corrected chi connectivity index (χ1v) is 5.13. The summed E-state index contributed by atoms with van der Waals surface area (Å²) in [6, 6.07) is 1.87. The zero-order valence-electron chi connectivity index (χ0n) is 8.27. The Kier molecular flexibility index (Phi) is 2.08. The number of hydrogen-bond donors (Lipinski definition) is 1. The number of nitrogen functional groups attached to an aromatic ring is 1. The summed E-state index contributed by atoms with van der Waals surface area (Å²) in [5, 5.41) is 11.4. The highest BCUT2D eigenvalue weighted by molar-refractivity contribution is 7.22. The van der Waals surface area contributed by atoms with Gasteiger partial charge >= 0.3 is 5.00 Å². The molecule has 78 valence electrons. The highest BCUT2D eigenvalue weighted by atomic mass is 32.1. The van der Waals surface area contributed by atoms with Crippen molar-refractivity contribution in [1.29, 1.82) is 0 Å². The minimum Gasteiger partial charge on any atom is -0.392 e. The molecular formula is C9H9N3O2S. The smallest absolute Gasteiger partial charge is 0.349 e. The number of anilines is 1. The van der Waals surface area contributed by atoms with Gasteiger partial charge in [0.15, 0.2) is 0 Å². The van der Waals surface area contributed by atoms with Crippen molar-refractivity contribution in [2.24, 2.45) is 0 Å². The highest BCUT2D eigenvalue weighted by Gasteiger charge is 2.21. The minimum absolute atomic E-state index is 0.0220. The van der Waals surface area contributed by atoms with E-state index < -0.39 is 4.92 Å². The molecule has 0 saturated carbocycles. The Hall–Kier alpha value is -1.69. The van der Waals surface area contributed by atoms with Crippen LogP contribution in [-0.4, -0.2) is 9.91 Å². The first kappa shape index (κ1) is 9.85. The Balaban J connectivity index is 2.88. The van der Waals surface area contributed by atoms with Crippen molar-refractivity contribution in [3.05, 3.63) is 27.4 Å². The van der Waals surface area contributed by atoms with Crippen molar-refractivity contribution in [2.75, 3.05) is 5.73 Å². The number of rotatable bonds is 1. The summed E-state index contributed by atoms with van der Waals surface area (Å²) >= 11 is 1.03. The van der Waals surface area contributed by atoms with Gasteiger partial charge in [-0.25, -0.2) is 4.98 Å². The summed E-state index contributed by atoms with van der Waals surface area (Å²) in [6.45, 7) is 3.73. The van der Waals surface area contributed by atoms with E-state index in [0.29, 0.717) is 10.2 Å². The second kappa shape index (κ2) is 3.16. The predicted octanol–water partition coefficient (Wildman–Crippen LogP) is 2.40. The average Bonchev–Trinajstić information content (AvgIpc) is 2.42. The monoisotopic (exact) mass is 223 g/mol. The molecule has 0 atom stereocenters. The van der Waals surface area contributed by atoms with Gasteiger partial charge in [-0.1, -0.05) is 0 Å². The molecule has 0 bridgehead atoms. The number of nitrogens with zero attached hydrogens (tertiary/aromatic N) is 2. The van der Waals surface area contributed by atoms with Gasteiger partial charge in [0.1, 0.15) is 10.5 Å². The molecule has 0 fully saturated rings. The number of pyridine rings is 1. The molecule has 0 unspecified atom stereocenters. The van der Waals surface area contributed by atoms with Crippen LogP contribution >= 0.6 is 11.3 Å². The number of hydrogen-bond acceptors (Lipinski definition) is 5. The van der Waals surface area contributed by atoms with Crippen LogP contribution in [0.2, 0.25) is 0 Å². The number of thiophene rings is 1. The van der Waals surface area contributed by atoms with E-state index in [-0.39, 0.29) is 10.7 Å². The fourth-order valence-electron chi connectivity index (χ4n) is 1.59. The van der Waals surface area contributed by atoms with Crippen molar-refractivity contribution in [1.82, 2.24) is 4.98 Å². The molecule has 0 aliphatic carbocycles. The second-order valence-corrected chi connectivity index (χ2v) is 4.32. The first-order chi connectivity index (χ1) is 7.00. The standard InChI is InChI=1S/C9H9N3O2S/c1-4-3-5(2)11-8-6(4)7(10)9(15-8)12(13)14/h3H,10H2,1-2H3. The molecule has 0 amide bonds. The lowest BCUT2D eigenvalue weighted by Gasteiger charge is -1.98. The van der Waals surface area contributed by atoms with Crippen LogP contribution in [0.3, 0.4) is 0 Å². The Labute approximate surface area is 89.7 Å². The first-order valence-electron chi connectivity index (χ1n) is 4.31. The van der Waals surface area contributed by atoms with Crippen molar-refractivity contribution < 1.29 is 4.92 Å². The lowest BCUT2D eigenvalue weighted by Crippen LogP contribution is -1.92. The third-order valence-electron chi connectivity index (χ3n) is 2.17. The van der Waals surface area contributed by atoms with E-state index in [1.807, 2.05) is 19.9 Å². The summed E-state index contributed by atoms with van der Waals surface area (Å²) in [6.07, 6.45) is 0. The normalized spacial score (nSPS) is 10.8. The number of aromatic nitrogens is 1. The molecule has 15 heavy (non-hydrogen) atoms. The quantitative estimate of drug-likeness (QED) is 0.594. The molecule has 2 N–H and O–H groups in total.